The highest BCUT2D eigenvalue weighted by molar-refractivity contribution is 7.26. The van der Waals surface area contributed by atoms with E-state index in [2.05, 4.69) is 204 Å². The molecule has 0 bridgehead atoms. The van der Waals surface area contributed by atoms with Crippen LogP contribution >= 0.6 is 11.3 Å². The Morgan fingerprint density at radius 1 is 0.491 bits per heavy atom. The van der Waals surface area contributed by atoms with Crippen molar-refractivity contribution in [3.8, 4) is 16.8 Å². The van der Waals surface area contributed by atoms with Crippen molar-refractivity contribution in [2.75, 3.05) is 4.90 Å². The summed E-state index contributed by atoms with van der Waals surface area (Å²) in [5, 5.41) is 7.60. The van der Waals surface area contributed by atoms with Crippen molar-refractivity contribution in [1.29, 1.82) is 0 Å². The van der Waals surface area contributed by atoms with E-state index >= 15 is 0 Å². The Bertz CT molecular complexity index is 3090. The topological polar surface area (TPSA) is 8.17 Å². The third-order valence-electron chi connectivity index (χ3n) is 11.2. The maximum absolute atomic E-state index is 2.44. The fraction of sp³-hybridized carbons (Fsp3) is 0.0385. The first-order chi connectivity index (χ1) is 27.3. The zero-order valence-corrected chi connectivity index (χ0v) is 31.0. The van der Waals surface area contributed by atoms with Gasteiger partial charge in [-0.1, -0.05) is 127 Å². The maximum atomic E-state index is 2.44. The summed E-state index contributed by atoms with van der Waals surface area (Å²) in [5.41, 5.74) is 12.1. The maximum Gasteiger partial charge on any atom is 0.0541 e. The molecule has 0 fully saturated rings. The Morgan fingerprint density at radius 2 is 1.11 bits per heavy atom. The van der Waals surface area contributed by atoms with Crippen LogP contribution in [-0.4, -0.2) is 4.57 Å². The minimum Gasteiger partial charge on any atom is -0.310 e. The molecule has 8 aromatic carbocycles. The van der Waals surface area contributed by atoms with Gasteiger partial charge in [0.2, 0.25) is 0 Å². The molecule has 1 aliphatic rings. The van der Waals surface area contributed by atoms with Gasteiger partial charge >= 0.3 is 0 Å². The molecule has 0 N–H and O–H groups in total. The number of aromatic nitrogens is 1. The molecule has 0 spiro atoms. The first-order valence-corrected chi connectivity index (χ1v) is 19.9. The van der Waals surface area contributed by atoms with Crippen molar-refractivity contribution >= 4 is 86.7 Å². The van der Waals surface area contributed by atoms with Crippen molar-refractivity contribution in [2.24, 2.45) is 0 Å². The second-order valence-electron chi connectivity index (χ2n) is 14.5. The number of hydrogen-bond acceptors (Lipinski definition) is 2. The molecule has 2 nitrogen and oxygen atoms in total. The lowest BCUT2D eigenvalue weighted by molar-refractivity contribution is 1.05. The lowest BCUT2D eigenvalue weighted by Crippen LogP contribution is -2.10. The molecule has 11 rings (SSSR count). The first kappa shape index (κ1) is 31.8. The van der Waals surface area contributed by atoms with Crippen LogP contribution in [0.3, 0.4) is 0 Å². The zero-order chi connectivity index (χ0) is 36.3. The lowest BCUT2D eigenvalue weighted by atomic mass is 9.97. The van der Waals surface area contributed by atoms with Crippen LogP contribution < -0.4 is 4.90 Å². The summed E-state index contributed by atoms with van der Waals surface area (Å²) in [5.74, 6) is 0. The summed E-state index contributed by atoms with van der Waals surface area (Å²) < 4.78 is 5.06. The van der Waals surface area contributed by atoms with E-state index in [1.807, 2.05) is 11.3 Å². The van der Waals surface area contributed by atoms with Crippen LogP contribution in [0.5, 0.6) is 0 Å². The van der Waals surface area contributed by atoms with Crippen molar-refractivity contribution in [1.82, 2.24) is 4.57 Å². The van der Waals surface area contributed by atoms with Crippen LogP contribution in [0.4, 0.5) is 17.1 Å². The molecule has 0 aliphatic heterocycles. The molecule has 0 saturated heterocycles. The van der Waals surface area contributed by atoms with E-state index < -0.39 is 0 Å². The van der Waals surface area contributed by atoms with Crippen LogP contribution in [0.25, 0.3) is 75.1 Å². The first-order valence-electron chi connectivity index (χ1n) is 19.1. The molecule has 3 heteroatoms. The molecule has 0 saturated carbocycles. The number of nitrogens with zero attached hydrogens (tertiary/aromatic N) is 2. The molecular formula is C52H36N2S. The van der Waals surface area contributed by atoms with Gasteiger partial charge < -0.3 is 9.47 Å². The molecule has 260 valence electrons. The van der Waals surface area contributed by atoms with Gasteiger partial charge in [-0.15, -0.1) is 11.3 Å². The molecule has 10 aromatic rings. The van der Waals surface area contributed by atoms with Crippen LogP contribution in [0.2, 0.25) is 0 Å². The third-order valence-corrected chi connectivity index (χ3v) is 12.5. The predicted octanol–water partition coefficient (Wildman–Crippen LogP) is 15.2. The summed E-state index contributed by atoms with van der Waals surface area (Å²) in [4.78, 5) is 2.39. The summed E-state index contributed by atoms with van der Waals surface area (Å²) >= 11 is 1.89. The fourth-order valence-corrected chi connectivity index (χ4v) is 9.80. The number of allylic oxidation sites excluding steroid dienone is 4. The van der Waals surface area contributed by atoms with Gasteiger partial charge in [-0.25, -0.2) is 0 Å². The standard InChI is InChI=1S/C52H36N2S/c1-2-12-35(13-3-1)37-22-27-40(28-23-37)53(42-31-24-36-14-4-5-15-39(36)32-42)41-29-25-38(26-30-41)47-33-43(34-48-46-18-8-11-21-51(46)55-52(47)48)54-49-19-9-6-16-44(49)45-17-7-10-20-50(45)54/h1-2,4-12,14-34H,3,13H2. The summed E-state index contributed by atoms with van der Waals surface area (Å²) in [7, 11) is 0. The number of hydrogen-bond donors (Lipinski definition) is 0. The Labute approximate surface area is 324 Å². The number of thiophene rings is 1. The SMILES string of the molecule is C1=CCCC(c2ccc(N(c3ccc(-c4cc(-n5c6ccccc6c6ccccc65)cc5c4sc4ccccc45)cc3)c3ccc4ccccc4c3)cc2)=C1. The van der Waals surface area contributed by atoms with E-state index in [0.29, 0.717) is 0 Å². The van der Waals surface area contributed by atoms with Gasteiger partial charge in [-0.2, -0.15) is 0 Å². The third kappa shape index (κ3) is 5.39. The van der Waals surface area contributed by atoms with Gasteiger partial charge in [0.15, 0.2) is 0 Å². The Kier molecular flexibility index (Phi) is 7.53. The number of benzene rings is 8. The number of rotatable bonds is 6. The smallest absolute Gasteiger partial charge is 0.0541 e. The van der Waals surface area contributed by atoms with Gasteiger partial charge in [0.25, 0.3) is 0 Å². The van der Waals surface area contributed by atoms with Gasteiger partial charge in [-0.3, -0.25) is 0 Å². The highest BCUT2D eigenvalue weighted by atomic mass is 32.1. The van der Waals surface area contributed by atoms with Crippen molar-refractivity contribution in [2.45, 2.75) is 12.8 Å². The molecule has 2 heterocycles. The van der Waals surface area contributed by atoms with Gasteiger partial charge in [0.1, 0.15) is 0 Å². The lowest BCUT2D eigenvalue weighted by Gasteiger charge is -2.26. The largest absolute Gasteiger partial charge is 0.310 e. The van der Waals surface area contributed by atoms with E-state index in [0.717, 1.165) is 29.9 Å². The second-order valence-corrected chi connectivity index (χ2v) is 15.5. The molecule has 1 aliphatic carbocycles. The Hall–Kier alpha value is -6.68. The molecule has 0 atom stereocenters. The number of anilines is 3. The number of para-hydroxylation sites is 2. The average Bonchev–Trinajstić information content (AvgIpc) is 3.80. The molecule has 0 amide bonds. The van der Waals surface area contributed by atoms with E-state index in [1.165, 1.54) is 80.7 Å². The van der Waals surface area contributed by atoms with Gasteiger partial charge in [-0.05, 0) is 107 Å². The monoisotopic (exact) mass is 720 g/mol. The van der Waals surface area contributed by atoms with Crippen LogP contribution in [-0.2, 0) is 0 Å². The van der Waals surface area contributed by atoms with Crippen LogP contribution in [0.1, 0.15) is 18.4 Å². The van der Waals surface area contributed by atoms with E-state index in [-0.39, 0.29) is 0 Å². The quantitative estimate of drug-likeness (QED) is 0.166. The second kappa shape index (κ2) is 13.0. The summed E-state index contributed by atoms with van der Waals surface area (Å²) in [6, 6.07) is 64.9. The van der Waals surface area contributed by atoms with Gasteiger partial charge in [0, 0.05) is 59.3 Å². The highest BCUT2D eigenvalue weighted by Gasteiger charge is 2.19. The summed E-state index contributed by atoms with van der Waals surface area (Å²) in [6.07, 6.45) is 8.85. The normalized spacial score (nSPS) is 13.0. The molecule has 55 heavy (non-hydrogen) atoms. The molecule has 0 unspecified atom stereocenters. The summed E-state index contributed by atoms with van der Waals surface area (Å²) in [6.45, 7) is 0. The van der Waals surface area contributed by atoms with Gasteiger partial charge in [0.05, 0.1) is 11.0 Å². The van der Waals surface area contributed by atoms with Crippen LogP contribution in [0, 0.1) is 0 Å². The minimum absolute atomic E-state index is 1.08. The average molecular weight is 721 g/mol. The Morgan fingerprint density at radius 3 is 1.82 bits per heavy atom. The zero-order valence-electron chi connectivity index (χ0n) is 30.2. The molecule has 2 aromatic heterocycles. The van der Waals surface area contributed by atoms with Crippen molar-refractivity contribution in [3.05, 3.63) is 200 Å². The Balaban J connectivity index is 1.08. The number of fused-ring (bicyclic) bond motifs is 7. The highest BCUT2D eigenvalue weighted by Crippen LogP contribution is 2.44. The molecular weight excluding hydrogens is 685 g/mol. The minimum atomic E-state index is 1.08. The predicted molar refractivity (Wildman–Crippen MR) is 238 cm³/mol. The van der Waals surface area contributed by atoms with Crippen LogP contribution in [0.15, 0.2) is 194 Å². The van der Waals surface area contributed by atoms with E-state index in [1.54, 1.807) is 0 Å². The van der Waals surface area contributed by atoms with E-state index in [4.69, 9.17) is 0 Å². The van der Waals surface area contributed by atoms with Crippen molar-refractivity contribution in [3.63, 3.8) is 0 Å². The van der Waals surface area contributed by atoms with Crippen molar-refractivity contribution < 1.29 is 0 Å². The molecule has 0 radical (unpaired) electrons. The van der Waals surface area contributed by atoms with E-state index in [9.17, 15) is 0 Å². The fourth-order valence-electron chi connectivity index (χ4n) is 8.58.